The summed E-state index contributed by atoms with van der Waals surface area (Å²) in [6.45, 7) is 6.10. The number of amides is 4. The zero-order valence-electron chi connectivity index (χ0n) is 31.3. The smallest absolute Gasteiger partial charge is 0.303 e. The minimum atomic E-state index is -1.38. The number of rotatable bonds is 12. The van der Waals surface area contributed by atoms with Crippen LogP contribution in [0.25, 0.3) is 0 Å². The summed E-state index contributed by atoms with van der Waals surface area (Å²) in [5, 5.41) is 33.2. The summed E-state index contributed by atoms with van der Waals surface area (Å²) in [4.78, 5) is 92.0. The molecule has 1 aliphatic rings. The van der Waals surface area contributed by atoms with Gasteiger partial charge in [0.2, 0.25) is 35.2 Å². The molecule has 4 amide bonds. The highest BCUT2D eigenvalue weighted by Gasteiger charge is 2.34. The van der Waals surface area contributed by atoms with Crippen molar-refractivity contribution in [3.63, 3.8) is 0 Å². The first kappa shape index (κ1) is 46.3. The molecule has 16 nitrogen and oxygen atoms in total. The molecule has 3 unspecified atom stereocenters. The fourth-order valence-corrected chi connectivity index (χ4v) is 6.19. The van der Waals surface area contributed by atoms with Gasteiger partial charge in [0, 0.05) is 19.4 Å². The SMILES string of the molecule is CSCCC1NC(=O)[C@H](CCCNC(=N)N)NC(=O)C(CCC(=O)O)NC(=O)[C@H](CC(C)C)NC(=O)CCCCCCCCCNC(C)C(=O)C1=O. The largest absolute Gasteiger partial charge is 0.481 e. The third-order valence-electron chi connectivity index (χ3n) is 8.67. The summed E-state index contributed by atoms with van der Waals surface area (Å²) in [5.41, 5.74) is 5.38. The molecule has 52 heavy (non-hydrogen) atoms. The van der Waals surface area contributed by atoms with Gasteiger partial charge in [-0.05, 0) is 76.3 Å². The van der Waals surface area contributed by atoms with Crippen molar-refractivity contribution in [3.05, 3.63) is 0 Å². The van der Waals surface area contributed by atoms with E-state index in [2.05, 4.69) is 31.9 Å². The van der Waals surface area contributed by atoms with Gasteiger partial charge in [0.05, 0.1) is 12.1 Å². The molecule has 10 N–H and O–H groups in total. The lowest BCUT2D eigenvalue weighted by atomic mass is 10.00. The highest BCUT2D eigenvalue weighted by atomic mass is 32.2. The lowest BCUT2D eigenvalue weighted by Gasteiger charge is -2.27. The van der Waals surface area contributed by atoms with Crippen LogP contribution < -0.4 is 37.6 Å². The first-order valence-electron chi connectivity index (χ1n) is 18.5. The second kappa shape index (κ2) is 26.1. The topological polar surface area (TPSA) is 262 Å². The number of hydrogen-bond acceptors (Lipinski definition) is 10. The number of thioether (sulfide) groups is 1. The molecule has 0 aromatic heterocycles. The standard InChI is InChI=1S/C35H62N8O8S/c1-22(2)21-27-34(51)43-26(15-16-29(45)46)33(50)42-25(13-12-19-39-35(36)37)32(49)41-24(17-20-52-4)31(48)30(47)23(3)38-18-11-9-7-5-6-8-10-14-28(44)40-27/h22-27,38H,5-21H2,1-4H3,(H,40,44)(H,41,49)(H,42,50)(H,43,51)(H,45,46)(H4,36,37,39)/t23?,24?,25-,26?,27-/m0/s1. The Kier molecular flexibility index (Phi) is 23.2. The summed E-state index contributed by atoms with van der Waals surface area (Å²) in [6.07, 6.45) is 8.12. The normalized spacial score (nSPS) is 24.4. The van der Waals surface area contributed by atoms with Crippen molar-refractivity contribution in [2.75, 3.05) is 25.1 Å². The van der Waals surface area contributed by atoms with Crippen LogP contribution in [0, 0.1) is 11.3 Å². The molecule has 0 saturated carbocycles. The minimum absolute atomic E-state index is 0.00177. The van der Waals surface area contributed by atoms with Gasteiger partial charge in [0.1, 0.15) is 18.1 Å². The Balaban J connectivity index is 3.45. The molecule has 0 radical (unpaired) electrons. The first-order chi connectivity index (χ1) is 24.7. The highest BCUT2D eigenvalue weighted by molar-refractivity contribution is 7.98. The van der Waals surface area contributed by atoms with E-state index in [1.54, 1.807) is 6.92 Å². The fraction of sp³-hybridized carbons (Fsp3) is 0.771. The van der Waals surface area contributed by atoms with E-state index in [9.17, 15) is 38.7 Å². The summed E-state index contributed by atoms with van der Waals surface area (Å²) in [7, 11) is 0. The number of nitrogens with two attached hydrogens (primary N) is 1. The van der Waals surface area contributed by atoms with E-state index < -0.39 is 71.9 Å². The Labute approximate surface area is 312 Å². The number of carboxylic acids is 1. The molecular weight excluding hydrogens is 692 g/mol. The van der Waals surface area contributed by atoms with Crippen LogP contribution in [-0.2, 0) is 33.6 Å². The number of guanidine groups is 1. The second-order valence-corrected chi connectivity index (χ2v) is 14.7. The Hall–Kier alpha value is -3.73. The predicted octanol–water partition coefficient (Wildman–Crippen LogP) is 1.10. The number of Topliss-reactive ketones (excluding diaryl/α,β-unsaturated/α-hetero) is 2. The van der Waals surface area contributed by atoms with E-state index in [-0.39, 0.29) is 62.9 Å². The van der Waals surface area contributed by atoms with Crippen molar-refractivity contribution in [1.82, 2.24) is 31.9 Å². The quantitative estimate of drug-likeness (QED) is 0.0588. The molecule has 0 aromatic rings. The number of hydrogen-bond donors (Lipinski definition) is 9. The van der Waals surface area contributed by atoms with Crippen molar-refractivity contribution in [1.29, 1.82) is 5.41 Å². The molecule has 0 aromatic carbocycles. The van der Waals surface area contributed by atoms with Gasteiger partial charge in [-0.2, -0.15) is 11.8 Å². The Morgan fingerprint density at radius 2 is 1.38 bits per heavy atom. The maximum atomic E-state index is 13.7. The van der Waals surface area contributed by atoms with Gasteiger partial charge >= 0.3 is 5.97 Å². The Morgan fingerprint density at radius 3 is 1.96 bits per heavy atom. The zero-order chi connectivity index (χ0) is 39.1. The molecule has 1 aliphatic heterocycles. The minimum Gasteiger partial charge on any atom is -0.481 e. The number of carbonyl (C=O) groups is 7. The van der Waals surface area contributed by atoms with Crippen LogP contribution in [0.4, 0.5) is 0 Å². The highest BCUT2D eigenvalue weighted by Crippen LogP contribution is 2.12. The predicted molar refractivity (Wildman–Crippen MR) is 201 cm³/mol. The van der Waals surface area contributed by atoms with Gasteiger partial charge in [-0.15, -0.1) is 0 Å². The van der Waals surface area contributed by atoms with Gasteiger partial charge in [-0.1, -0.05) is 46.0 Å². The van der Waals surface area contributed by atoms with Gasteiger partial charge in [0.25, 0.3) is 0 Å². The molecule has 1 rings (SSSR count). The Morgan fingerprint density at radius 1 is 0.827 bits per heavy atom. The van der Waals surface area contributed by atoms with Crippen LogP contribution in [0.1, 0.15) is 111 Å². The summed E-state index contributed by atoms with van der Waals surface area (Å²) >= 11 is 1.43. The lowest BCUT2D eigenvalue weighted by molar-refractivity contribution is -0.140. The molecule has 0 aliphatic carbocycles. The van der Waals surface area contributed by atoms with E-state index >= 15 is 0 Å². The molecule has 1 fully saturated rings. The third-order valence-corrected chi connectivity index (χ3v) is 9.31. The average Bonchev–Trinajstić information content (AvgIpc) is 3.08. The maximum Gasteiger partial charge on any atom is 0.303 e. The Bertz CT molecular complexity index is 1200. The van der Waals surface area contributed by atoms with Crippen LogP contribution in [0.5, 0.6) is 0 Å². The monoisotopic (exact) mass is 754 g/mol. The molecule has 5 atom stereocenters. The molecular formula is C35H62N8O8S. The summed E-state index contributed by atoms with van der Waals surface area (Å²) in [5.74, 6) is -5.01. The molecule has 0 bridgehead atoms. The third kappa shape index (κ3) is 19.8. The zero-order valence-corrected chi connectivity index (χ0v) is 32.1. The van der Waals surface area contributed by atoms with Crippen LogP contribution in [-0.4, -0.2) is 108 Å². The van der Waals surface area contributed by atoms with Crippen molar-refractivity contribution >= 4 is 58.9 Å². The number of carbonyl (C=O) groups excluding carboxylic acids is 6. The number of aliphatic carboxylic acids is 1. The van der Waals surface area contributed by atoms with Gasteiger partial charge < -0.3 is 42.7 Å². The van der Waals surface area contributed by atoms with E-state index in [0.717, 1.165) is 38.5 Å². The molecule has 0 spiro atoms. The second-order valence-electron chi connectivity index (χ2n) is 13.8. The van der Waals surface area contributed by atoms with E-state index in [4.69, 9.17) is 11.1 Å². The van der Waals surface area contributed by atoms with E-state index in [1.165, 1.54) is 11.8 Å². The van der Waals surface area contributed by atoms with Crippen LogP contribution >= 0.6 is 11.8 Å². The first-order valence-corrected chi connectivity index (χ1v) is 19.9. The van der Waals surface area contributed by atoms with Gasteiger partial charge in [-0.25, -0.2) is 0 Å². The number of ketones is 2. The fourth-order valence-electron chi connectivity index (χ4n) is 5.72. The van der Waals surface area contributed by atoms with Gasteiger partial charge in [-0.3, -0.25) is 39.0 Å². The van der Waals surface area contributed by atoms with Crippen molar-refractivity contribution in [3.8, 4) is 0 Å². The summed E-state index contributed by atoms with van der Waals surface area (Å²) < 4.78 is 0. The van der Waals surface area contributed by atoms with Gasteiger partial charge in [0.15, 0.2) is 5.96 Å². The molecule has 296 valence electrons. The summed E-state index contributed by atoms with van der Waals surface area (Å²) in [6, 6.07) is -5.55. The molecule has 1 saturated heterocycles. The molecule has 17 heteroatoms. The van der Waals surface area contributed by atoms with Crippen LogP contribution in [0.3, 0.4) is 0 Å². The van der Waals surface area contributed by atoms with Crippen molar-refractivity contribution < 1.29 is 38.7 Å². The van der Waals surface area contributed by atoms with E-state index in [1.807, 2.05) is 20.1 Å². The lowest BCUT2D eigenvalue weighted by Crippen LogP contribution is -2.58. The van der Waals surface area contributed by atoms with Crippen LogP contribution in [0.2, 0.25) is 0 Å². The van der Waals surface area contributed by atoms with E-state index in [0.29, 0.717) is 18.7 Å². The average molecular weight is 755 g/mol. The van der Waals surface area contributed by atoms with Crippen molar-refractivity contribution in [2.24, 2.45) is 11.7 Å². The number of nitrogens with one attached hydrogen (secondary N) is 7. The van der Waals surface area contributed by atoms with Crippen LogP contribution in [0.15, 0.2) is 0 Å². The number of carboxylic acid groups (broad SMARTS) is 1. The maximum absolute atomic E-state index is 13.7. The van der Waals surface area contributed by atoms with Crippen molar-refractivity contribution in [2.45, 2.75) is 141 Å². The molecule has 1 heterocycles.